The van der Waals surface area contributed by atoms with Gasteiger partial charge in [0.15, 0.2) is 5.16 Å². The van der Waals surface area contributed by atoms with E-state index in [1.165, 1.54) is 24.2 Å². The number of nitrogens with zero attached hydrogens (tertiary/aromatic N) is 2. The predicted octanol–water partition coefficient (Wildman–Crippen LogP) is 2.23. The highest BCUT2D eigenvalue weighted by Crippen LogP contribution is 2.21. The predicted molar refractivity (Wildman–Crippen MR) is 98.2 cm³/mol. The first kappa shape index (κ1) is 17.8. The third-order valence-electron chi connectivity index (χ3n) is 3.61. The van der Waals surface area contributed by atoms with E-state index in [4.69, 9.17) is 4.42 Å². The van der Waals surface area contributed by atoms with Gasteiger partial charge in [-0.2, -0.15) is 0 Å². The van der Waals surface area contributed by atoms with Crippen molar-refractivity contribution in [2.45, 2.75) is 11.7 Å². The molecule has 0 saturated heterocycles. The van der Waals surface area contributed by atoms with Crippen LogP contribution in [0.4, 0.5) is 0 Å². The SMILES string of the molecule is CSc1ncc(C(=O)NCC(=O)NCc2ccco2)n1-c1ccccc1. The first-order valence-corrected chi connectivity index (χ1v) is 9.16. The van der Waals surface area contributed by atoms with E-state index < -0.39 is 0 Å². The highest BCUT2D eigenvalue weighted by Gasteiger charge is 2.18. The summed E-state index contributed by atoms with van der Waals surface area (Å²) in [4.78, 5) is 28.7. The molecule has 0 saturated carbocycles. The Balaban J connectivity index is 1.65. The molecule has 2 amide bonds. The molecule has 8 heteroatoms. The van der Waals surface area contributed by atoms with Gasteiger partial charge in [0, 0.05) is 5.69 Å². The lowest BCUT2D eigenvalue weighted by Gasteiger charge is -2.11. The number of rotatable bonds is 7. The van der Waals surface area contributed by atoms with Gasteiger partial charge in [-0.1, -0.05) is 30.0 Å². The molecule has 0 fully saturated rings. The van der Waals surface area contributed by atoms with Crippen LogP contribution in [0.3, 0.4) is 0 Å². The zero-order valence-electron chi connectivity index (χ0n) is 14.1. The second-order valence-electron chi connectivity index (χ2n) is 5.34. The van der Waals surface area contributed by atoms with E-state index >= 15 is 0 Å². The van der Waals surface area contributed by atoms with Gasteiger partial charge in [-0.3, -0.25) is 14.2 Å². The van der Waals surface area contributed by atoms with Crippen molar-refractivity contribution in [3.05, 3.63) is 66.4 Å². The Kier molecular flexibility index (Phi) is 5.75. The van der Waals surface area contributed by atoms with Gasteiger partial charge < -0.3 is 15.1 Å². The van der Waals surface area contributed by atoms with Crippen molar-refractivity contribution < 1.29 is 14.0 Å². The third kappa shape index (κ3) is 4.15. The molecular weight excluding hydrogens is 352 g/mol. The summed E-state index contributed by atoms with van der Waals surface area (Å²) >= 11 is 1.44. The van der Waals surface area contributed by atoms with Crippen molar-refractivity contribution in [3.63, 3.8) is 0 Å². The number of aromatic nitrogens is 2. The van der Waals surface area contributed by atoms with Gasteiger partial charge in [-0.05, 0) is 30.5 Å². The summed E-state index contributed by atoms with van der Waals surface area (Å²) < 4.78 is 6.91. The first-order chi connectivity index (χ1) is 12.7. The van der Waals surface area contributed by atoms with Crippen LogP contribution >= 0.6 is 11.8 Å². The Morgan fingerprint density at radius 1 is 1.15 bits per heavy atom. The molecule has 0 spiro atoms. The van der Waals surface area contributed by atoms with Crippen LogP contribution in [0.15, 0.2) is 64.5 Å². The van der Waals surface area contributed by atoms with E-state index in [0.29, 0.717) is 16.6 Å². The number of benzene rings is 1. The van der Waals surface area contributed by atoms with Crippen molar-refractivity contribution in [2.24, 2.45) is 0 Å². The fourth-order valence-corrected chi connectivity index (χ4v) is 2.92. The summed E-state index contributed by atoms with van der Waals surface area (Å²) in [5, 5.41) is 6.00. The van der Waals surface area contributed by atoms with Crippen LogP contribution in [0.2, 0.25) is 0 Å². The zero-order valence-corrected chi connectivity index (χ0v) is 15.0. The Morgan fingerprint density at radius 3 is 2.65 bits per heavy atom. The van der Waals surface area contributed by atoms with Crippen molar-refractivity contribution in [1.82, 2.24) is 20.2 Å². The first-order valence-electron chi connectivity index (χ1n) is 7.93. The highest BCUT2D eigenvalue weighted by molar-refractivity contribution is 7.98. The Morgan fingerprint density at radius 2 is 1.96 bits per heavy atom. The average molecular weight is 370 g/mol. The number of amides is 2. The van der Waals surface area contributed by atoms with E-state index in [1.54, 1.807) is 16.7 Å². The van der Waals surface area contributed by atoms with Crippen LogP contribution in [-0.2, 0) is 11.3 Å². The molecule has 0 bridgehead atoms. The molecule has 1 aromatic carbocycles. The lowest BCUT2D eigenvalue weighted by atomic mass is 10.3. The van der Waals surface area contributed by atoms with Gasteiger partial charge in [-0.15, -0.1) is 0 Å². The molecular formula is C18H18N4O3S. The summed E-state index contributed by atoms with van der Waals surface area (Å²) in [7, 11) is 0. The number of hydrogen-bond donors (Lipinski definition) is 2. The minimum atomic E-state index is -0.366. The van der Waals surface area contributed by atoms with Gasteiger partial charge in [0.25, 0.3) is 5.91 Å². The van der Waals surface area contributed by atoms with Crippen molar-refractivity contribution in [1.29, 1.82) is 0 Å². The number of para-hydroxylation sites is 1. The molecule has 2 N–H and O–H groups in total. The standard InChI is InChI=1S/C18H18N4O3S/c1-26-18-21-11-15(22(18)13-6-3-2-4-7-13)17(24)20-12-16(23)19-10-14-8-5-9-25-14/h2-9,11H,10,12H2,1H3,(H,19,23)(H,20,24). The topological polar surface area (TPSA) is 89.2 Å². The summed E-state index contributed by atoms with van der Waals surface area (Å²) in [6.45, 7) is 0.147. The molecule has 2 heterocycles. The monoisotopic (exact) mass is 370 g/mol. The summed E-state index contributed by atoms with van der Waals surface area (Å²) in [5.41, 5.74) is 1.21. The van der Waals surface area contributed by atoms with Crippen molar-refractivity contribution in [3.8, 4) is 5.69 Å². The molecule has 0 atom stereocenters. The molecule has 0 aliphatic carbocycles. The Bertz CT molecular complexity index is 875. The van der Waals surface area contributed by atoms with Crippen molar-refractivity contribution in [2.75, 3.05) is 12.8 Å². The van der Waals surface area contributed by atoms with E-state index in [9.17, 15) is 9.59 Å². The van der Waals surface area contributed by atoms with Crippen LogP contribution in [0, 0.1) is 0 Å². The number of carbonyl (C=O) groups is 2. The van der Waals surface area contributed by atoms with Gasteiger partial charge in [0.1, 0.15) is 11.5 Å². The van der Waals surface area contributed by atoms with Crippen LogP contribution in [0.5, 0.6) is 0 Å². The largest absolute Gasteiger partial charge is 0.467 e. The third-order valence-corrected chi connectivity index (χ3v) is 4.26. The maximum Gasteiger partial charge on any atom is 0.270 e. The summed E-state index contributed by atoms with van der Waals surface area (Å²) in [5.74, 6) is -0.0168. The summed E-state index contributed by atoms with van der Waals surface area (Å²) in [6, 6.07) is 13.0. The lowest BCUT2D eigenvalue weighted by molar-refractivity contribution is -0.120. The fourth-order valence-electron chi connectivity index (χ4n) is 2.38. The molecule has 134 valence electrons. The molecule has 0 aliphatic rings. The highest BCUT2D eigenvalue weighted by atomic mass is 32.2. The van der Waals surface area contributed by atoms with Gasteiger partial charge in [0.2, 0.25) is 5.91 Å². The number of imidazole rings is 1. The smallest absolute Gasteiger partial charge is 0.270 e. The molecule has 0 radical (unpaired) electrons. The molecule has 2 aromatic heterocycles. The van der Waals surface area contributed by atoms with E-state index in [-0.39, 0.29) is 24.9 Å². The van der Waals surface area contributed by atoms with E-state index in [0.717, 1.165) is 5.69 Å². The number of furan rings is 1. The second kappa shape index (κ2) is 8.39. The molecule has 3 rings (SSSR count). The minimum Gasteiger partial charge on any atom is -0.467 e. The maximum atomic E-state index is 12.5. The van der Waals surface area contributed by atoms with Gasteiger partial charge in [0.05, 0.1) is 25.5 Å². The molecule has 0 unspecified atom stereocenters. The van der Waals surface area contributed by atoms with Gasteiger partial charge >= 0.3 is 0 Å². The van der Waals surface area contributed by atoms with E-state index in [1.807, 2.05) is 36.6 Å². The molecule has 3 aromatic rings. The van der Waals surface area contributed by atoms with Crippen molar-refractivity contribution >= 4 is 23.6 Å². The summed E-state index contributed by atoms with van der Waals surface area (Å²) in [6.07, 6.45) is 4.94. The lowest BCUT2D eigenvalue weighted by Crippen LogP contribution is -2.37. The van der Waals surface area contributed by atoms with Crippen LogP contribution in [-0.4, -0.2) is 34.2 Å². The molecule has 26 heavy (non-hydrogen) atoms. The zero-order chi connectivity index (χ0) is 18.4. The Labute approximate surface area is 154 Å². The number of hydrogen-bond acceptors (Lipinski definition) is 5. The van der Waals surface area contributed by atoms with Crippen LogP contribution in [0.1, 0.15) is 16.2 Å². The van der Waals surface area contributed by atoms with Crippen LogP contribution in [0.25, 0.3) is 5.69 Å². The average Bonchev–Trinajstić information content (AvgIpc) is 3.34. The fraction of sp³-hybridized carbons (Fsp3) is 0.167. The molecule has 7 nitrogen and oxygen atoms in total. The normalized spacial score (nSPS) is 10.5. The molecule has 0 aliphatic heterocycles. The number of carbonyl (C=O) groups excluding carboxylic acids is 2. The second-order valence-corrected chi connectivity index (χ2v) is 6.11. The van der Waals surface area contributed by atoms with E-state index in [2.05, 4.69) is 15.6 Å². The quantitative estimate of drug-likeness (QED) is 0.623. The minimum absolute atomic E-state index is 0.131. The van der Waals surface area contributed by atoms with Crippen LogP contribution < -0.4 is 10.6 Å². The number of nitrogens with one attached hydrogen (secondary N) is 2. The Hall–Kier alpha value is -3.00. The van der Waals surface area contributed by atoms with Gasteiger partial charge in [-0.25, -0.2) is 4.98 Å². The maximum absolute atomic E-state index is 12.5. The number of thioether (sulfide) groups is 1.